The molecule has 0 bridgehead atoms. The number of β-amino-alcohol motifs (C(OH)–C–C–N with tert-alkyl or cyclic N) is 1. The fourth-order valence-electron chi connectivity index (χ4n) is 2.55. The molecule has 0 spiro atoms. The van der Waals surface area contributed by atoms with Crippen LogP contribution in [-0.4, -0.2) is 40.8 Å². The zero-order valence-electron chi connectivity index (χ0n) is 11.6. The van der Waals surface area contributed by atoms with Gasteiger partial charge in [-0.25, -0.2) is 0 Å². The molecule has 2 aromatic rings. The van der Waals surface area contributed by atoms with Gasteiger partial charge in [0, 0.05) is 31.4 Å². The predicted molar refractivity (Wildman–Crippen MR) is 77.0 cm³/mol. The Morgan fingerprint density at radius 2 is 2.29 bits per heavy atom. The van der Waals surface area contributed by atoms with Crippen LogP contribution in [0, 0.1) is 0 Å². The van der Waals surface area contributed by atoms with Crippen LogP contribution in [0.4, 0.5) is 5.69 Å². The number of nitrogens with zero attached hydrogens (tertiary/aromatic N) is 2. The summed E-state index contributed by atoms with van der Waals surface area (Å²) in [7, 11) is 0. The maximum absolute atomic E-state index is 11.9. The molecule has 1 aromatic heterocycles. The number of hydrogen-bond donors (Lipinski definition) is 2. The lowest BCUT2D eigenvalue weighted by molar-refractivity contribution is 0.0988. The average molecular weight is 287 g/mol. The third kappa shape index (κ3) is 3.12. The highest BCUT2D eigenvalue weighted by molar-refractivity contribution is 6.02. The third-order valence-corrected chi connectivity index (χ3v) is 3.63. The molecule has 1 aliphatic rings. The van der Waals surface area contributed by atoms with Crippen LogP contribution in [0.5, 0.6) is 0 Å². The fourth-order valence-corrected chi connectivity index (χ4v) is 2.55. The van der Waals surface area contributed by atoms with Crippen molar-refractivity contribution in [2.45, 2.75) is 13.0 Å². The quantitative estimate of drug-likeness (QED) is 0.885. The molecule has 1 aromatic carbocycles. The Balaban J connectivity index is 1.71. The number of benzene rings is 1. The van der Waals surface area contributed by atoms with Crippen molar-refractivity contribution in [3.8, 4) is 0 Å². The maximum atomic E-state index is 11.9. The van der Waals surface area contributed by atoms with Crippen molar-refractivity contribution in [1.82, 2.24) is 10.1 Å². The minimum Gasteiger partial charge on any atom is -0.395 e. The van der Waals surface area contributed by atoms with Crippen LogP contribution >= 0.6 is 0 Å². The predicted octanol–water partition coefficient (Wildman–Crippen LogP) is 1.28. The monoisotopic (exact) mass is 287 g/mol. The van der Waals surface area contributed by atoms with Crippen LogP contribution in [0.2, 0.25) is 0 Å². The normalized spacial score (nSPS) is 14.7. The second-order valence-corrected chi connectivity index (χ2v) is 5.06. The summed E-state index contributed by atoms with van der Waals surface area (Å²) in [6.45, 7) is 2.64. The summed E-state index contributed by atoms with van der Waals surface area (Å²) < 4.78 is 4.83. The van der Waals surface area contributed by atoms with Crippen LogP contribution in [-0.2, 0) is 13.0 Å². The Bertz CT molecular complexity index is 625. The van der Waals surface area contributed by atoms with Crippen LogP contribution < -0.4 is 5.32 Å². The number of nitrogens with one attached hydrogen (secondary N) is 1. The molecule has 0 fully saturated rings. The van der Waals surface area contributed by atoms with E-state index in [2.05, 4.69) is 15.4 Å². The van der Waals surface area contributed by atoms with E-state index in [1.165, 1.54) is 23.4 Å². The smallest absolute Gasteiger partial charge is 0.294 e. The van der Waals surface area contributed by atoms with E-state index in [1.807, 2.05) is 18.2 Å². The van der Waals surface area contributed by atoms with Crippen molar-refractivity contribution in [1.29, 1.82) is 0 Å². The first-order valence-corrected chi connectivity index (χ1v) is 6.93. The molecular formula is C15H17N3O3. The van der Waals surface area contributed by atoms with Gasteiger partial charge in [-0.2, -0.15) is 0 Å². The fraction of sp³-hybridized carbons (Fsp3) is 0.333. The van der Waals surface area contributed by atoms with E-state index in [-0.39, 0.29) is 18.3 Å². The Kier molecular flexibility index (Phi) is 3.98. The largest absolute Gasteiger partial charge is 0.395 e. The summed E-state index contributed by atoms with van der Waals surface area (Å²) in [6.07, 6.45) is 2.36. The Hall–Kier alpha value is -2.18. The molecule has 1 aliphatic heterocycles. The molecule has 0 atom stereocenters. The number of aromatic nitrogens is 1. The number of rotatable bonds is 4. The molecule has 110 valence electrons. The lowest BCUT2D eigenvalue weighted by Crippen LogP contribution is -2.32. The van der Waals surface area contributed by atoms with Gasteiger partial charge >= 0.3 is 0 Å². The van der Waals surface area contributed by atoms with Crippen LogP contribution in [0.1, 0.15) is 21.7 Å². The number of fused-ring (bicyclic) bond motifs is 1. The van der Waals surface area contributed by atoms with Crippen molar-refractivity contribution in [2.75, 3.05) is 25.0 Å². The minimum atomic E-state index is -0.301. The molecule has 2 heterocycles. The van der Waals surface area contributed by atoms with Gasteiger partial charge in [0.1, 0.15) is 0 Å². The van der Waals surface area contributed by atoms with Crippen molar-refractivity contribution >= 4 is 11.6 Å². The van der Waals surface area contributed by atoms with Gasteiger partial charge in [0.2, 0.25) is 5.76 Å². The lowest BCUT2D eigenvalue weighted by atomic mass is 9.99. The second kappa shape index (κ2) is 6.07. The van der Waals surface area contributed by atoms with Crippen molar-refractivity contribution in [3.05, 3.63) is 47.3 Å². The number of carbonyl (C=O) groups is 1. The molecule has 3 rings (SSSR count). The van der Waals surface area contributed by atoms with Gasteiger partial charge in [0.15, 0.2) is 0 Å². The highest BCUT2D eigenvalue weighted by Gasteiger charge is 2.17. The van der Waals surface area contributed by atoms with E-state index >= 15 is 0 Å². The molecule has 0 aliphatic carbocycles. The van der Waals surface area contributed by atoms with Gasteiger partial charge in [0.25, 0.3) is 5.91 Å². The SMILES string of the molecule is O=C(Nc1ccc2c(c1)CCN(CCO)C2)c1ccno1. The third-order valence-electron chi connectivity index (χ3n) is 3.63. The van der Waals surface area contributed by atoms with Crippen LogP contribution in [0.15, 0.2) is 35.0 Å². The molecule has 0 saturated heterocycles. The first-order chi connectivity index (χ1) is 10.3. The summed E-state index contributed by atoms with van der Waals surface area (Å²) >= 11 is 0. The van der Waals surface area contributed by atoms with E-state index in [4.69, 9.17) is 9.63 Å². The van der Waals surface area contributed by atoms with E-state index < -0.39 is 0 Å². The molecule has 0 unspecified atom stereocenters. The summed E-state index contributed by atoms with van der Waals surface area (Å²) in [6, 6.07) is 7.44. The van der Waals surface area contributed by atoms with E-state index in [1.54, 1.807) is 0 Å². The molecule has 0 saturated carbocycles. The van der Waals surface area contributed by atoms with Gasteiger partial charge < -0.3 is 14.9 Å². The van der Waals surface area contributed by atoms with Crippen LogP contribution in [0.25, 0.3) is 0 Å². The summed E-state index contributed by atoms with van der Waals surface area (Å²) in [5.41, 5.74) is 3.23. The molecule has 0 radical (unpaired) electrons. The zero-order valence-corrected chi connectivity index (χ0v) is 11.6. The highest BCUT2D eigenvalue weighted by atomic mass is 16.5. The standard InChI is InChI=1S/C15H17N3O3/c19-8-7-18-6-4-11-9-13(2-1-12(11)10-18)17-15(20)14-3-5-16-21-14/h1-3,5,9,19H,4,6-8,10H2,(H,17,20). The molecule has 6 nitrogen and oxygen atoms in total. The molecule has 21 heavy (non-hydrogen) atoms. The lowest BCUT2D eigenvalue weighted by Gasteiger charge is -2.28. The number of anilines is 1. The Morgan fingerprint density at radius 3 is 3.05 bits per heavy atom. The summed E-state index contributed by atoms with van der Waals surface area (Å²) in [5, 5.41) is 15.3. The molecule has 1 amide bonds. The number of aliphatic hydroxyl groups excluding tert-OH is 1. The van der Waals surface area contributed by atoms with Gasteiger partial charge in [-0.15, -0.1) is 0 Å². The second-order valence-electron chi connectivity index (χ2n) is 5.06. The Labute approximate surface area is 122 Å². The maximum Gasteiger partial charge on any atom is 0.294 e. The highest BCUT2D eigenvalue weighted by Crippen LogP contribution is 2.22. The van der Waals surface area contributed by atoms with E-state index in [0.29, 0.717) is 6.54 Å². The molecular weight excluding hydrogens is 270 g/mol. The van der Waals surface area contributed by atoms with Crippen molar-refractivity contribution in [2.24, 2.45) is 0 Å². The number of carbonyl (C=O) groups excluding carboxylic acids is 1. The van der Waals surface area contributed by atoms with Gasteiger partial charge in [-0.05, 0) is 29.7 Å². The van der Waals surface area contributed by atoms with Crippen LogP contribution in [0.3, 0.4) is 0 Å². The van der Waals surface area contributed by atoms with Gasteiger partial charge in [-0.1, -0.05) is 11.2 Å². The summed E-state index contributed by atoms with van der Waals surface area (Å²) in [5.74, 6) is -0.105. The first kappa shape index (κ1) is 13.8. The van der Waals surface area contributed by atoms with Gasteiger partial charge in [-0.3, -0.25) is 9.69 Å². The van der Waals surface area contributed by atoms with E-state index in [9.17, 15) is 4.79 Å². The molecule has 6 heteroatoms. The molecule has 2 N–H and O–H groups in total. The Morgan fingerprint density at radius 1 is 1.38 bits per heavy atom. The van der Waals surface area contributed by atoms with E-state index in [0.717, 1.165) is 25.2 Å². The van der Waals surface area contributed by atoms with Crippen molar-refractivity contribution < 1.29 is 14.4 Å². The number of aliphatic hydroxyl groups is 1. The minimum absolute atomic E-state index is 0.181. The number of amides is 1. The number of hydrogen-bond acceptors (Lipinski definition) is 5. The zero-order chi connectivity index (χ0) is 14.7. The van der Waals surface area contributed by atoms with Crippen molar-refractivity contribution in [3.63, 3.8) is 0 Å². The first-order valence-electron chi connectivity index (χ1n) is 6.93. The average Bonchev–Trinajstić information content (AvgIpc) is 3.02. The topological polar surface area (TPSA) is 78.6 Å². The van der Waals surface area contributed by atoms with Gasteiger partial charge in [0.05, 0.1) is 12.8 Å². The summed E-state index contributed by atoms with van der Waals surface area (Å²) in [4.78, 5) is 14.1.